The van der Waals surface area contributed by atoms with Gasteiger partial charge >= 0.3 is 0 Å². The molecule has 0 saturated heterocycles. The van der Waals surface area contributed by atoms with Gasteiger partial charge in [-0.25, -0.2) is 0 Å². The predicted molar refractivity (Wildman–Crippen MR) is 133 cm³/mol. The standard InChI is InChI=1S/C28H27N3O2/c1-15-8-9-20-14-31(28(33)23(20)12-15)24-7-5-6-21(17(24)3)22-11-10-19(13-25(29)32)27-26(22)16(2)18(4)30-27/h5-12,30H,13-14H2,1-4H3,(H2,29,32). The molecule has 5 nitrogen and oxygen atoms in total. The predicted octanol–water partition coefficient (Wildman–Crippen LogP) is 5.26. The first-order valence-corrected chi connectivity index (χ1v) is 11.2. The van der Waals surface area contributed by atoms with Gasteiger partial charge in [-0.1, -0.05) is 42.0 Å². The highest BCUT2D eigenvalue weighted by Gasteiger charge is 2.30. The Bertz CT molecular complexity index is 1460. The summed E-state index contributed by atoms with van der Waals surface area (Å²) in [6.45, 7) is 8.79. The zero-order valence-electron chi connectivity index (χ0n) is 19.4. The van der Waals surface area contributed by atoms with E-state index in [1.165, 1.54) is 0 Å². The van der Waals surface area contributed by atoms with Crippen molar-refractivity contribution in [3.8, 4) is 11.1 Å². The second-order valence-corrected chi connectivity index (χ2v) is 9.04. The summed E-state index contributed by atoms with van der Waals surface area (Å²) >= 11 is 0. The molecular formula is C28H27N3O2. The molecule has 5 heteroatoms. The number of carbonyl (C=O) groups is 2. The third-order valence-electron chi connectivity index (χ3n) is 6.86. The van der Waals surface area contributed by atoms with Crippen molar-refractivity contribution in [2.24, 2.45) is 5.73 Å². The SMILES string of the molecule is Cc1ccc2c(c1)C(=O)N(c1cccc(-c3ccc(CC(N)=O)c4[nH]c(C)c(C)c34)c1C)C2. The monoisotopic (exact) mass is 437 g/mol. The molecular weight excluding hydrogens is 410 g/mol. The van der Waals surface area contributed by atoms with E-state index in [0.29, 0.717) is 6.54 Å². The highest BCUT2D eigenvalue weighted by molar-refractivity contribution is 6.11. The molecule has 0 radical (unpaired) electrons. The summed E-state index contributed by atoms with van der Waals surface area (Å²) in [5.74, 6) is -0.306. The van der Waals surface area contributed by atoms with Crippen LogP contribution in [0.1, 0.15) is 43.9 Å². The van der Waals surface area contributed by atoms with Gasteiger partial charge in [0.05, 0.1) is 18.5 Å². The largest absolute Gasteiger partial charge is 0.369 e. The van der Waals surface area contributed by atoms with Gasteiger partial charge in [0.2, 0.25) is 5.91 Å². The number of rotatable bonds is 4. The number of nitrogens with two attached hydrogens (primary N) is 1. The quantitative estimate of drug-likeness (QED) is 0.457. The molecule has 0 saturated carbocycles. The van der Waals surface area contributed by atoms with Gasteiger partial charge in [-0.2, -0.15) is 0 Å². The van der Waals surface area contributed by atoms with Gasteiger partial charge < -0.3 is 15.6 Å². The molecule has 2 amide bonds. The van der Waals surface area contributed by atoms with Crippen LogP contribution in [0.25, 0.3) is 22.0 Å². The minimum absolute atomic E-state index is 0.0459. The summed E-state index contributed by atoms with van der Waals surface area (Å²) in [5.41, 5.74) is 16.6. The number of fused-ring (bicyclic) bond motifs is 2. The van der Waals surface area contributed by atoms with Crippen LogP contribution in [0.2, 0.25) is 0 Å². The maximum absolute atomic E-state index is 13.2. The average Bonchev–Trinajstić information content (AvgIpc) is 3.25. The zero-order valence-corrected chi connectivity index (χ0v) is 19.4. The molecule has 2 heterocycles. The Kier molecular flexibility index (Phi) is 4.85. The third kappa shape index (κ3) is 3.32. The van der Waals surface area contributed by atoms with Crippen LogP contribution in [0.15, 0.2) is 48.5 Å². The fraction of sp³-hybridized carbons (Fsp3) is 0.214. The molecule has 3 aromatic carbocycles. The highest BCUT2D eigenvalue weighted by atomic mass is 16.2. The number of primary amides is 1. The molecule has 1 aliphatic heterocycles. The van der Waals surface area contributed by atoms with Crippen molar-refractivity contribution in [2.75, 3.05) is 4.90 Å². The number of hydrogen-bond acceptors (Lipinski definition) is 2. The van der Waals surface area contributed by atoms with Gasteiger partial charge in [-0.3, -0.25) is 9.59 Å². The Morgan fingerprint density at radius 3 is 2.52 bits per heavy atom. The first kappa shape index (κ1) is 21.0. The first-order valence-electron chi connectivity index (χ1n) is 11.2. The Labute approximate surface area is 193 Å². The van der Waals surface area contributed by atoms with Crippen molar-refractivity contribution in [3.63, 3.8) is 0 Å². The topological polar surface area (TPSA) is 79.2 Å². The van der Waals surface area contributed by atoms with Gasteiger partial charge in [0, 0.05) is 22.3 Å². The molecule has 0 aliphatic carbocycles. The summed E-state index contributed by atoms with van der Waals surface area (Å²) in [7, 11) is 0. The number of carbonyl (C=O) groups excluding carboxylic acids is 2. The number of aromatic nitrogens is 1. The number of H-pyrrole nitrogens is 1. The van der Waals surface area contributed by atoms with E-state index in [4.69, 9.17) is 5.73 Å². The van der Waals surface area contributed by atoms with Gasteiger partial charge in [0.1, 0.15) is 0 Å². The maximum Gasteiger partial charge on any atom is 0.258 e. The van der Waals surface area contributed by atoms with E-state index in [-0.39, 0.29) is 18.2 Å². The lowest BCUT2D eigenvalue weighted by Gasteiger charge is -2.21. The molecule has 0 fully saturated rings. The molecule has 1 aromatic heterocycles. The van der Waals surface area contributed by atoms with Crippen molar-refractivity contribution in [1.82, 2.24) is 4.98 Å². The fourth-order valence-electron chi connectivity index (χ4n) is 5.02. The fourth-order valence-corrected chi connectivity index (χ4v) is 5.02. The van der Waals surface area contributed by atoms with Gasteiger partial charge in [-0.15, -0.1) is 0 Å². The molecule has 3 N–H and O–H groups in total. The van der Waals surface area contributed by atoms with E-state index >= 15 is 0 Å². The first-order chi connectivity index (χ1) is 15.8. The van der Waals surface area contributed by atoms with Crippen molar-refractivity contribution in [3.05, 3.63) is 87.6 Å². The van der Waals surface area contributed by atoms with Gasteiger partial charge in [0.15, 0.2) is 0 Å². The van der Waals surface area contributed by atoms with Crippen LogP contribution in [0.4, 0.5) is 5.69 Å². The van der Waals surface area contributed by atoms with E-state index < -0.39 is 0 Å². The van der Waals surface area contributed by atoms with Crippen molar-refractivity contribution >= 4 is 28.4 Å². The van der Waals surface area contributed by atoms with E-state index in [1.807, 2.05) is 43.0 Å². The molecule has 5 rings (SSSR count). The number of benzene rings is 3. The summed E-state index contributed by atoms with van der Waals surface area (Å²) in [5, 5.41) is 1.10. The van der Waals surface area contributed by atoms with Crippen molar-refractivity contribution in [1.29, 1.82) is 0 Å². The smallest absolute Gasteiger partial charge is 0.258 e. The molecule has 0 bridgehead atoms. The lowest BCUT2D eigenvalue weighted by molar-refractivity contribution is -0.117. The Hall–Kier alpha value is -3.86. The number of aryl methyl sites for hydroxylation is 3. The molecule has 33 heavy (non-hydrogen) atoms. The van der Waals surface area contributed by atoms with E-state index in [0.717, 1.165) is 66.8 Å². The molecule has 1 aliphatic rings. The van der Waals surface area contributed by atoms with Gasteiger partial charge in [0.25, 0.3) is 5.91 Å². The van der Waals surface area contributed by atoms with Crippen LogP contribution in [-0.4, -0.2) is 16.8 Å². The van der Waals surface area contributed by atoms with Crippen LogP contribution < -0.4 is 10.6 Å². The third-order valence-corrected chi connectivity index (χ3v) is 6.86. The lowest BCUT2D eigenvalue weighted by Crippen LogP contribution is -2.24. The summed E-state index contributed by atoms with van der Waals surface area (Å²) in [4.78, 5) is 30.2. The van der Waals surface area contributed by atoms with Crippen molar-refractivity contribution < 1.29 is 9.59 Å². The number of anilines is 1. The normalized spacial score (nSPS) is 13.1. The zero-order chi connectivity index (χ0) is 23.4. The second-order valence-electron chi connectivity index (χ2n) is 9.04. The number of nitrogens with one attached hydrogen (secondary N) is 1. The number of amides is 2. The Balaban J connectivity index is 1.65. The van der Waals surface area contributed by atoms with Crippen molar-refractivity contribution in [2.45, 2.75) is 40.7 Å². The second kappa shape index (κ2) is 7.62. The highest BCUT2D eigenvalue weighted by Crippen LogP contribution is 2.40. The minimum atomic E-state index is -0.352. The molecule has 4 aromatic rings. The van der Waals surface area contributed by atoms with Crippen LogP contribution in [0, 0.1) is 27.7 Å². The number of hydrogen-bond donors (Lipinski definition) is 2. The van der Waals surface area contributed by atoms with Crippen LogP contribution >= 0.6 is 0 Å². The molecule has 166 valence electrons. The lowest BCUT2D eigenvalue weighted by atomic mass is 9.92. The molecule has 0 atom stereocenters. The number of aromatic amines is 1. The van der Waals surface area contributed by atoms with Crippen LogP contribution in [0.5, 0.6) is 0 Å². The van der Waals surface area contributed by atoms with E-state index in [9.17, 15) is 9.59 Å². The van der Waals surface area contributed by atoms with E-state index in [2.05, 4.69) is 43.1 Å². The summed E-state index contributed by atoms with van der Waals surface area (Å²) < 4.78 is 0. The molecule has 0 spiro atoms. The Morgan fingerprint density at radius 1 is 0.970 bits per heavy atom. The summed E-state index contributed by atoms with van der Waals surface area (Å²) in [6.07, 6.45) is 0.190. The van der Waals surface area contributed by atoms with Crippen LogP contribution in [-0.2, 0) is 17.8 Å². The summed E-state index contributed by atoms with van der Waals surface area (Å²) in [6, 6.07) is 16.3. The Morgan fingerprint density at radius 2 is 1.76 bits per heavy atom. The number of nitrogens with zero attached hydrogens (tertiary/aromatic N) is 1. The molecule has 0 unspecified atom stereocenters. The van der Waals surface area contributed by atoms with E-state index in [1.54, 1.807) is 0 Å². The maximum atomic E-state index is 13.2. The average molecular weight is 438 g/mol. The van der Waals surface area contributed by atoms with Crippen LogP contribution in [0.3, 0.4) is 0 Å². The minimum Gasteiger partial charge on any atom is -0.369 e. The van der Waals surface area contributed by atoms with Gasteiger partial charge in [-0.05, 0) is 73.2 Å².